The maximum Gasteiger partial charge on any atom is 0.0724 e. The Hall–Kier alpha value is -1.93. The van der Waals surface area contributed by atoms with E-state index < -0.39 is 0 Å². The minimum absolute atomic E-state index is 0.846. The second-order valence-corrected chi connectivity index (χ2v) is 5.32. The Bertz CT molecular complexity index is 580. The summed E-state index contributed by atoms with van der Waals surface area (Å²) in [6, 6.07) is 16.9. The van der Waals surface area contributed by atoms with Crippen molar-refractivity contribution in [2.45, 2.75) is 20.3 Å². The third kappa shape index (κ3) is 4.02. The van der Waals surface area contributed by atoms with Gasteiger partial charge in [-0.3, -0.25) is 4.99 Å². The first-order valence-electron chi connectivity index (χ1n) is 7.55. The van der Waals surface area contributed by atoms with Crippen LogP contribution in [0.1, 0.15) is 28.7 Å². The molecule has 0 heterocycles. The zero-order chi connectivity index (χ0) is 15.1. The number of rotatable bonds is 6. The SMILES string of the molecule is CNCCCN=C(c1ccccc1)c1c(C)cccc1C. The number of benzene rings is 2. The van der Waals surface area contributed by atoms with Crippen molar-refractivity contribution >= 4 is 5.71 Å². The van der Waals surface area contributed by atoms with Gasteiger partial charge < -0.3 is 5.32 Å². The quantitative estimate of drug-likeness (QED) is 0.632. The summed E-state index contributed by atoms with van der Waals surface area (Å²) < 4.78 is 0. The zero-order valence-corrected chi connectivity index (χ0v) is 13.2. The molecule has 2 aromatic rings. The summed E-state index contributed by atoms with van der Waals surface area (Å²) in [5.41, 5.74) is 6.15. The van der Waals surface area contributed by atoms with Crippen molar-refractivity contribution in [1.82, 2.24) is 5.32 Å². The summed E-state index contributed by atoms with van der Waals surface area (Å²) in [7, 11) is 1.98. The van der Waals surface area contributed by atoms with E-state index in [9.17, 15) is 0 Å². The van der Waals surface area contributed by atoms with Gasteiger partial charge in [-0.15, -0.1) is 0 Å². The average molecular weight is 280 g/mol. The first kappa shape index (κ1) is 15.5. The van der Waals surface area contributed by atoms with Crippen molar-refractivity contribution in [3.63, 3.8) is 0 Å². The molecule has 0 aliphatic rings. The fraction of sp³-hybridized carbons (Fsp3) is 0.316. The maximum absolute atomic E-state index is 4.90. The topological polar surface area (TPSA) is 24.4 Å². The molecule has 0 fully saturated rings. The van der Waals surface area contributed by atoms with Crippen LogP contribution < -0.4 is 5.32 Å². The standard InChI is InChI=1S/C19H24N2/c1-15-9-7-10-16(2)18(15)19(21-14-8-13-20-3)17-11-5-4-6-12-17/h4-7,9-12,20H,8,13-14H2,1-3H3. The lowest BCUT2D eigenvalue weighted by atomic mass is 9.94. The van der Waals surface area contributed by atoms with Crippen molar-refractivity contribution < 1.29 is 0 Å². The van der Waals surface area contributed by atoms with Gasteiger partial charge in [-0.2, -0.15) is 0 Å². The molecule has 0 saturated carbocycles. The number of hydrogen-bond acceptors (Lipinski definition) is 2. The lowest BCUT2D eigenvalue weighted by Gasteiger charge is -2.13. The lowest BCUT2D eigenvalue weighted by Crippen LogP contribution is -2.12. The van der Waals surface area contributed by atoms with Crippen LogP contribution in [0.15, 0.2) is 53.5 Å². The normalized spacial score (nSPS) is 11.7. The molecular weight excluding hydrogens is 256 g/mol. The molecule has 0 saturated heterocycles. The largest absolute Gasteiger partial charge is 0.320 e. The fourth-order valence-corrected chi connectivity index (χ4v) is 2.55. The van der Waals surface area contributed by atoms with E-state index in [1.165, 1.54) is 22.3 Å². The van der Waals surface area contributed by atoms with Crippen molar-refractivity contribution in [1.29, 1.82) is 0 Å². The number of aryl methyl sites for hydroxylation is 2. The molecule has 0 aromatic heterocycles. The number of nitrogens with one attached hydrogen (secondary N) is 1. The summed E-state index contributed by atoms with van der Waals surface area (Å²) in [4.78, 5) is 4.90. The molecule has 0 unspecified atom stereocenters. The van der Waals surface area contributed by atoms with Crippen molar-refractivity contribution in [2.24, 2.45) is 4.99 Å². The van der Waals surface area contributed by atoms with Gasteiger partial charge in [0.25, 0.3) is 0 Å². The van der Waals surface area contributed by atoms with E-state index in [0.717, 1.165) is 25.2 Å². The Morgan fingerprint density at radius 3 is 2.24 bits per heavy atom. The van der Waals surface area contributed by atoms with Gasteiger partial charge in [0.1, 0.15) is 0 Å². The van der Waals surface area contributed by atoms with E-state index >= 15 is 0 Å². The van der Waals surface area contributed by atoms with E-state index in [1.807, 2.05) is 13.1 Å². The van der Waals surface area contributed by atoms with Crippen LogP contribution in [0.5, 0.6) is 0 Å². The van der Waals surface area contributed by atoms with Crippen molar-refractivity contribution in [2.75, 3.05) is 20.1 Å². The molecule has 0 aliphatic carbocycles. The summed E-state index contributed by atoms with van der Waals surface area (Å²) >= 11 is 0. The molecule has 2 nitrogen and oxygen atoms in total. The van der Waals surface area contributed by atoms with E-state index in [4.69, 9.17) is 4.99 Å². The number of nitrogens with zero attached hydrogens (tertiary/aromatic N) is 1. The number of aliphatic imine (C=N–C) groups is 1. The van der Waals surface area contributed by atoms with Gasteiger partial charge in [-0.05, 0) is 45.0 Å². The zero-order valence-electron chi connectivity index (χ0n) is 13.2. The van der Waals surface area contributed by atoms with E-state index in [0.29, 0.717) is 0 Å². The smallest absolute Gasteiger partial charge is 0.0724 e. The Labute approximate surface area is 127 Å². The molecule has 0 atom stereocenters. The molecule has 0 aliphatic heterocycles. The summed E-state index contributed by atoms with van der Waals surface area (Å²) in [5, 5.41) is 3.17. The second-order valence-electron chi connectivity index (χ2n) is 5.32. The van der Waals surface area contributed by atoms with Crippen LogP contribution in [-0.4, -0.2) is 25.8 Å². The predicted octanol–water partition coefficient (Wildman–Crippen LogP) is 3.75. The lowest BCUT2D eigenvalue weighted by molar-refractivity contribution is 0.734. The molecule has 0 bridgehead atoms. The molecule has 1 N–H and O–H groups in total. The minimum atomic E-state index is 0.846. The van der Waals surface area contributed by atoms with E-state index in [2.05, 4.69) is 61.6 Å². The van der Waals surface area contributed by atoms with Gasteiger partial charge in [0.05, 0.1) is 5.71 Å². The first-order valence-corrected chi connectivity index (χ1v) is 7.55. The van der Waals surface area contributed by atoms with Crippen LogP contribution in [0.25, 0.3) is 0 Å². The van der Waals surface area contributed by atoms with Gasteiger partial charge in [-0.25, -0.2) is 0 Å². The van der Waals surface area contributed by atoms with E-state index in [1.54, 1.807) is 0 Å². The number of hydrogen-bond donors (Lipinski definition) is 1. The van der Waals surface area contributed by atoms with Crippen LogP contribution in [0.4, 0.5) is 0 Å². The molecule has 0 spiro atoms. The average Bonchev–Trinajstić information content (AvgIpc) is 2.50. The molecule has 2 heteroatoms. The van der Waals surface area contributed by atoms with Gasteiger partial charge in [0.2, 0.25) is 0 Å². The maximum atomic E-state index is 4.90. The third-order valence-corrected chi connectivity index (χ3v) is 3.62. The van der Waals surface area contributed by atoms with Crippen LogP contribution in [-0.2, 0) is 0 Å². The van der Waals surface area contributed by atoms with Crippen LogP contribution in [0, 0.1) is 13.8 Å². The van der Waals surface area contributed by atoms with Crippen LogP contribution in [0.3, 0.4) is 0 Å². The first-order chi connectivity index (χ1) is 10.2. The molecular formula is C19H24N2. The molecule has 2 aromatic carbocycles. The monoisotopic (exact) mass is 280 g/mol. The van der Waals surface area contributed by atoms with Gasteiger partial charge in [-0.1, -0.05) is 48.5 Å². The third-order valence-electron chi connectivity index (χ3n) is 3.62. The molecule has 2 rings (SSSR count). The van der Waals surface area contributed by atoms with Gasteiger partial charge in [0, 0.05) is 17.7 Å². The molecule has 21 heavy (non-hydrogen) atoms. The highest BCUT2D eigenvalue weighted by molar-refractivity contribution is 6.14. The Kier molecular flexibility index (Phi) is 5.70. The highest BCUT2D eigenvalue weighted by Crippen LogP contribution is 2.19. The Morgan fingerprint density at radius 2 is 1.62 bits per heavy atom. The molecule has 0 radical (unpaired) electrons. The van der Waals surface area contributed by atoms with Crippen molar-refractivity contribution in [3.05, 3.63) is 70.8 Å². The summed E-state index contributed by atoms with van der Waals surface area (Å²) in [6.07, 6.45) is 1.05. The van der Waals surface area contributed by atoms with Crippen LogP contribution in [0.2, 0.25) is 0 Å². The highest BCUT2D eigenvalue weighted by atomic mass is 14.8. The van der Waals surface area contributed by atoms with Crippen molar-refractivity contribution in [3.8, 4) is 0 Å². The van der Waals surface area contributed by atoms with Gasteiger partial charge >= 0.3 is 0 Å². The Balaban J connectivity index is 2.41. The minimum Gasteiger partial charge on any atom is -0.320 e. The predicted molar refractivity (Wildman–Crippen MR) is 91.4 cm³/mol. The molecule has 110 valence electrons. The molecule has 0 amide bonds. The Morgan fingerprint density at radius 1 is 0.952 bits per heavy atom. The second kappa shape index (κ2) is 7.75. The van der Waals surface area contributed by atoms with Gasteiger partial charge in [0.15, 0.2) is 0 Å². The summed E-state index contributed by atoms with van der Waals surface area (Å²) in [6.45, 7) is 6.17. The fourth-order valence-electron chi connectivity index (χ4n) is 2.55. The van der Waals surface area contributed by atoms with E-state index in [-0.39, 0.29) is 0 Å². The summed E-state index contributed by atoms with van der Waals surface area (Å²) in [5.74, 6) is 0. The van der Waals surface area contributed by atoms with Crippen LogP contribution >= 0.6 is 0 Å². The highest BCUT2D eigenvalue weighted by Gasteiger charge is 2.11.